The summed E-state index contributed by atoms with van der Waals surface area (Å²) < 4.78 is 14.6. The summed E-state index contributed by atoms with van der Waals surface area (Å²) in [6.07, 6.45) is 1.72. The molecule has 0 aliphatic heterocycles. The first-order valence-corrected chi connectivity index (χ1v) is 8.48. The number of pyridine rings is 1. The molecule has 3 nitrogen and oxygen atoms in total. The number of aromatic nitrogens is 1. The van der Waals surface area contributed by atoms with E-state index in [1.54, 1.807) is 29.0 Å². The molecule has 3 aromatic rings. The lowest BCUT2D eigenvalue weighted by Crippen LogP contribution is -2.27. The van der Waals surface area contributed by atoms with Crippen LogP contribution in [0.5, 0.6) is 0 Å². The lowest BCUT2D eigenvalue weighted by molar-refractivity contribution is 0.0958. The Balaban J connectivity index is 1.97. The fraction of sp³-hybridized carbons (Fsp3) is 0.158. The first-order chi connectivity index (χ1) is 11.5. The van der Waals surface area contributed by atoms with Gasteiger partial charge < -0.3 is 0 Å². The number of hydrogen-bond acceptors (Lipinski definition) is 3. The molecule has 2 aromatic heterocycles. The van der Waals surface area contributed by atoms with Crippen molar-refractivity contribution < 1.29 is 9.18 Å². The van der Waals surface area contributed by atoms with Crippen molar-refractivity contribution >= 4 is 17.2 Å². The molecular weight excluding hydrogens is 323 g/mol. The lowest BCUT2D eigenvalue weighted by Gasteiger charge is -2.05. The van der Waals surface area contributed by atoms with Gasteiger partial charge in [-0.15, -0.1) is 11.3 Å². The van der Waals surface area contributed by atoms with Gasteiger partial charge in [0, 0.05) is 17.1 Å². The minimum absolute atomic E-state index is 0.101. The first-order valence-electron chi connectivity index (χ1n) is 7.66. The number of hydrogen-bond donors (Lipinski definition) is 0. The Hall–Kier alpha value is -2.53. The maximum absolute atomic E-state index is 13.0. The number of carbonyl (C=O) groups is 1. The SMILES string of the molecule is CC(C)N=c1ccccn1C(=O)c1ccc(-c2ccc(F)cc2)s1. The molecule has 0 unspecified atom stereocenters. The molecule has 5 heteroatoms. The molecule has 0 atom stereocenters. The van der Waals surface area contributed by atoms with Gasteiger partial charge in [0.25, 0.3) is 5.91 Å². The molecule has 1 aromatic carbocycles. The van der Waals surface area contributed by atoms with E-state index in [4.69, 9.17) is 0 Å². The maximum atomic E-state index is 13.0. The van der Waals surface area contributed by atoms with Crippen LogP contribution in [0.25, 0.3) is 10.4 Å². The van der Waals surface area contributed by atoms with Crippen LogP contribution in [0.15, 0.2) is 65.8 Å². The van der Waals surface area contributed by atoms with Gasteiger partial charge in [-0.2, -0.15) is 0 Å². The second kappa shape index (κ2) is 6.93. The number of halogens is 1. The Labute approximate surface area is 143 Å². The molecule has 0 aliphatic carbocycles. The van der Waals surface area contributed by atoms with Crippen molar-refractivity contribution in [2.45, 2.75) is 19.9 Å². The van der Waals surface area contributed by atoms with Crippen LogP contribution < -0.4 is 5.49 Å². The van der Waals surface area contributed by atoms with Crippen LogP contribution >= 0.6 is 11.3 Å². The molecule has 0 saturated heterocycles. The second-order valence-corrected chi connectivity index (χ2v) is 6.71. The summed E-state index contributed by atoms with van der Waals surface area (Å²) in [6, 6.07) is 15.5. The van der Waals surface area contributed by atoms with Crippen LogP contribution in [0.4, 0.5) is 4.39 Å². The van der Waals surface area contributed by atoms with Crippen LogP contribution in [0, 0.1) is 5.82 Å². The van der Waals surface area contributed by atoms with E-state index in [0.717, 1.165) is 10.4 Å². The van der Waals surface area contributed by atoms with Gasteiger partial charge in [-0.3, -0.25) is 14.4 Å². The average Bonchev–Trinajstić information content (AvgIpc) is 3.05. The third kappa shape index (κ3) is 3.51. The number of carbonyl (C=O) groups excluding carboxylic acids is 1. The molecule has 0 N–H and O–H groups in total. The minimum Gasteiger partial charge on any atom is -0.267 e. The Bertz CT molecular complexity index is 923. The van der Waals surface area contributed by atoms with Gasteiger partial charge in [0.05, 0.1) is 4.88 Å². The molecule has 0 fully saturated rings. The quantitative estimate of drug-likeness (QED) is 0.698. The van der Waals surface area contributed by atoms with E-state index < -0.39 is 0 Å². The van der Waals surface area contributed by atoms with Crippen molar-refractivity contribution in [2.24, 2.45) is 4.99 Å². The van der Waals surface area contributed by atoms with Crippen LogP contribution in [0.1, 0.15) is 23.5 Å². The van der Waals surface area contributed by atoms with E-state index in [1.165, 1.54) is 23.5 Å². The standard InChI is InChI=1S/C19H17FN2OS/c1-13(2)21-18-5-3-4-12-22(18)19(23)17-11-10-16(24-17)14-6-8-15(20)9-7-14/h3-13H,1-2H3. The summed E-state index contributed by atoms with van der Waals surface area (Å²) in [7, 11) is 0. The molecular formula is C19H17FN2OS. The molecule has 122 valence electrons. The molecule has 3 rings (SSSR count). The van der Waals surface area contributed by atoms with Crippen molar-refractivity contribution in [3.05, 3.63) is 77.0 Å². The third-order valence-corrected chi connectivity index (χ3v) is 4.52. The summed E-state index contributed by atoms with van der Waals surface area (Å²) >= 11 is 1.39. The first kappa shape index (κ1) is 16.3. The largest absolute Gasteiger partial charge is 0.273 e. The minimum atomic E-state index is -0.272. The average molecular weight is 340 g/mol. The molecule has 0 saturated carbocycles. The molecule has 0 bridgehead atoms. The summed E-state index contributed by atoms with van der Waals surface area (Å²) in [5.74, 6) is -0.389. The van der Waals surface area contributed by atoms with Crippen LogP contribution in [0.2, 0.25) is 0 Å². The molecule has 24 heavy (non-hydrogen) atoms. The Morgan fingerprint density at radius 1 is 1.08 bits per heavy atom. The molecule has 2 heterocycles. The number of nitrogens with zero attached hydrogens (tertiary/aromatic N) is 2. The zero-order chi connectivity index (χ0) is 17.1. The molecule has 0 radical (unpaired) electrons. The highest BCUT2D eigenvalue weighted by Gasteiger charge is 2.13. The van der Waals surface area contributed by atoms with Gasteiger partial charge in [0.15, 0.2) is 0 Å². The highest BCUT2D eigenvalue weighted by atomic mass is 32.1. The van der Waals surface area contributed by atoms with Gasteiger partial charge in [0.2, 0.25) is 0 Å². The number of rotatable bonds is 3. The molecule has 0 spiro atoms. The Morgan fingerprint density at radius 3 is 2.54 bits per heavy atom. The normalized spacial score (nSPS) is 11.9. The van der Waals surface area contributed by atoms with Gasteiger partial charge in [0.1, 0.15) is 11.3 Å². The number of thiophene rings is 1. The smallest absolute Gasteiger partial charge is 0.267 e. The predicted molar refractivity (Wildman–Crippen MR) is 94.6 cm³/mol. The second-order valence-electron chi connectivity index (χ2n) is 5.63. The summed E-state index contributed by atoms with van der Waals surface area (Å²) in [5.41, 5.74) is 1.53. The Kier molecular flexibility index (Phi) is 4.71. The van der Waals surface area contributed by atoms with Crippen LogP contribution in [0.3, 0.4) is 0 Å². The fourth-order valence-corrected chi connectivity index (χ4v) is 3.27. The highest BCUT2D eigenvalue weighted by molar-refractivity contribution is 7.17. The van der Waals surface area contributed by atoms with E-state index in [-0.39, 0.29) is 17.8 Å². The fourth-order valence-electron chi connectivity index (χ4n) is 2.32. The predicted octanol–water partition coefficient (Wildman–Crippen LogP) is 4.35. The van der Waals surface area contributed by atoms with Gasteiger partial charge in [-0.05, 0) is 55.8 Å². The molecule has 0 aliphatic rings. The third-order valence-electron chi connectivity index (χ3n) is 3.39. The monoisotopic (exact) mass is 340 g/mol. The van der Waals surface area contributed by atoms with Crippen LogP contribution in [-0.4, -0.2) is 16.5 Å². The number of benzene rings is 1. The zero-order valence-corrected chi connectivity index (χ0v) is 14.3. The Morgan fingerprint density at radius 2 is 1.83 bits per heavy atom. The van der Waals surface area contributed by atoms with E-state index in [9.17, 15) is 9.18 Å². The lowest BCUT2D eigenvalue weighted by atomic mass is 10.2. The van der Waals surface area contributed by atoms with E-state index in [0.29, 0.717) is 10.4 Å². The topological polar surface area (TPSA) is 34.4 Å². The van der Waals surface area contributed by atoms with Crippen molar-refractivity contribution in [1.29, 1.82) is 0 Å². The summed E-state index contributed by atoms with van der Waals surface area (Å²) in [4.78, 5) is 18.8. The van der Waals surface area contributed by atoms with Crippen molar-refractivity contribution in [2.75, 3.05) is 0 Å². The van der Waals surface area contributed by atoms with Crippen molar-refractivity contribution in [3.8, 4) is 10.4 Å². The van der Waals surface area contributed by atoms with Crippen LogP contribution in [-0.2, 0) is 0 Å². The molecule has 0 amide bonds. The maximum Gasteiger partial charge on any atom is 0.273 e. The van der Waals surface area contributed by atoms with Gasteiger partial charge in [-0.25, -0.2) is 4.39 Å². The summed E-state index contributed by atoms with van der Waals surface area (Å²) in [5, 5.41) is 0. The van der Waals surface area contributed by atoms with E-state index in [1.807, 2.05) is 38.1 Å². The summed E-state index contributed by atoms with van der Waals surface area (Å²) in [6.45, 7) is 3.94. The van der Waals surface area contributed by atoms with Crippen molar-refractivity contribution in [3.63, 3.8) is 0 Å². The van der Waals surface area contributed by atoms with Crippen molar-refractivity contribution in [1.82, 2.24) is 4.57 Å². The van der Waals surface area contributed by atoms with Gasteiger partial charge in [-0.1, -0.05) is 18.2 Å². The zero-order valence-electron chi connectivity index (χ0n) is 13.4. The highest BCUT2D eigenvalue weighted by Crippen LogP contribution is 2.28. The van der Waals surface area contributed by atoms with Gasteiger partial charge >= 0.3 is 0 Å². The van der Waals surface area contributed by atoms with E-state index >= 15 is 0 Å². The van der Waals surface area contributed by atoms with E-state index in [2.05, 4.69) is 4.99 Å².